The number of ether oxygens (including phenoxy) is 2. The average molecular weight is 386 g/mol. The first-order valence-corrected chi connectivity index (χ1v) is 8.33. The van der Waals surface area contributed by atoms with Crippen LogP contribution in [0.25, 0.3) is 0 Å². The van der Waals surface area contributed by atoms with E-state index >= 15 is 0 Å². The molecular formula is C17H18ClF2N3O3. The van der Waals surface area contributed by atoms with Crippen molar-refractivity contribution in [3.05, 3.63) is 41.3 Å². The number of aliphatic hydroxyl groups excluding tert-OH is 1. The zero-order valence-electron chi connectivity index (χ0n) is 14.0. The standard InChI is InChI=1S/C17H18ClF2N3O3/c1-25-13-4-2-11(3-5-13)9-26-14-7-21-16(18)22-15(14)23-10-17(19,20)6-12(23)8-24/h2-5,7,12,24H,6,8-10H2,1H3. The zero-order valence-corrected chi connectivity index (χ0v) is 14.8. The number of hydrogen-bond donors (Lipinski definition) is 1. The van der Waals surface area contributed by atoms with Gasteiger partial charge in [-0.15, -0.1) is 0 Å². The summed E-state index contributed by atoms with van der Waals surface area (Å²) in [6, 6.07) is 6.48. The van der Waals surface area contributed by atoms with Gasteiger partial charge in [0.05, 0.1) is 32.5 Å². The number of anilines is 1. The molecule has 2 heterocycles. The van der Waals surface area contributed by atoms with Crippen LogP contribution >= 0.6 is 11.6 Å². The smallest absolute Gasteiger partial charge is 0.267 e. The zero-order chi connectivity index (χ0) is 18.7. The Hall–Kier alpha value is -2.19. The fourth-order valence-electron chi connectivity index (χ4n) is 2.84. The Balaban J connectivity index is 1.81. The lowest BCUT2D eigenvalue weighted by Gasteiger charge is -2.25. The Labute approximate surface area is 154 Å². The van der Waals surface area contributed by atoms with Gasteiger partial charge in [-0.3, -0.25) is 0 Å². The van der Waals surface area contributed by atoms with Crippen molar-refractivity contribution in [2.75, 3.05) is 25.2 Å². The van der Waals surface area contributed by atoms with Crippen LogP contribution in [-0.2, 0) is 6.61 Å². The third-order valence-electron chi connectivity index (χ3n) is 4.12. The van der Waals surface area contributed by atoms with Crippen LogP contribution in [0.4, 0.5) is 14.6 Å². The number of hydrogen-bond acceptors (Lipinski definition) is 6. The van der Waals surface area contributed by atoms with Crippen molar-refractivity contribution in [2.45, 2.75) is 25.0 Å². The summed E-state index contributed by atoms with van der Waals surface area (Å²) >= 11 is 5.84. The van der Waals surface area contributed by atoms with E-state index in [0.29, 0.717) is 5.75 Å². The van der Waals surface area contributed by atoms with Gasteiger partial charge in [0.2, 0.25) is 5.28 Å². The number of alkyl halides is 2. The highest BCUT2D eigenvalue weighted by atomic mass is 35.5. The molecule has 1 unspecified atom stereocenters. The molecule has 1 aromatic heterocycles. The second kappa shape index (κ2) is 7.59. The van der Waals surface area contributed by atoms with E-state index in [1.165, 1.54) is 11.1 Å². The molecule has 1 aliphatic rings. The number of halogens is 3. The van der Waals surface area contributed by atoms with Crippen LogP contribution in [0.1, 0.15) is 12.0 Å². The van der Waals surface area contributed by atoms with Gasteiger partial charge in [-0.25, -0.2) is 13.8 Å². The molecule has 1 saturated heterocycles. The van der Waals surface area contributed by atoms with Crippen LogP contribution in [0.15, 0.2) is 30.5 Å². The average Bonchev–Trinajstić information content (AvgIpc) is 2.95. The summed E-state index contributed by atoms with van der Waals surface area (Å²) in [6.45, 7) is -0.796. The molecule has 140 valence electrons. The van der Waals surface area contributed by atoms with Gasteiger partial charge in [-0.05, 0) is 29.3 Å². The Morgan fingerprint density at radius 1 is 1.35 bits per heavy atom. The van der Waals surface area contributed by atoms with Crippen molar-refractivity contribution < 1.29 is 23.4 Å². The molecule has 6 nitrogen and oxygen atoms in total. The summed E-state index contributed by atoms with van der Waals surface area (Å²) < 4.78 is 38.4. The number of benzene rings is 1. The predicted molar refractivity (Wildman–Crippen MR) is 92.2 cm³/mol. The Morgan fingerprint density at radius 2 is 2.08 bits per heavy atom. The van der Waals surface area contributed by atoms with E-state index in [2.05, 4.69) is 9.97 Å². The van der Waals surface area contributed by atoms with Crippen LogP contribution in [-0.4, -0.2) is 47.3 Å². The molecule has 26 heavy (non-hydrogen) atoms. The van der Waals surface area contributed by atoms with Crippen molar-refractivity contribution in [1.82, 2.24) is 9.97 Å². The molecule has 1 N–H and O–H groups in total. The number of rotatable bonds is 6. The summed E-state index contributed by atoms with van der Waals surface area (Å²) in [7, 11) is 1.58. The van der Waals surface area contributed by atoms with E-state index < -0.39 is 31.5 Å². The summed E-state index contributed by atoms with van der Waals surface area (Å²) in [5, 5.41) is 9.36. The maximum Gasteiger partial charge on any atom is 0.267 e. The number of methoxy groups -OCH3 is 1. The SMILES string of the molecule is COc1ccc(COc2cnc(Cl)nc2N2CC(F)(F)CC2CO)cc1. The summed E-state index contributed by atoms with van der Waals surface area (Å²) in [5.74, 6) is -1.83. The minimum Gasteiger partial charge on any atom is -0.497 e. The van der Waals surface area contributed by atoms with Crippen LogP contribution < -0.4 is 14.4 Å². The Bertz CT molecular complexity index is 761. The first-order chi connectivity index (χ1) is 12.4. The largest absolute Gasteiger partial charge is 0.497 e. The lowest BCUT2D eigenvalue weighted by Crippen LogP contribution is -2.34. The second-order valence-corrected chi connectivity index (χ2v) is 6.33. The topological polar surface area (TPSA) is 67.7 Å². The highest BCUT2D eigenvalue weighted by molar-refractivity contribution is 6.28. The van der Waals surface area contributed by atoms with Crippen LogP contribution in [0.3, 0.4) is 0 Å². The lowest BCUT2D eigenvalue weighted by molar-refractivity contribution is 0.0201. The van der Waals surface area contributed by atoms with Crippen molar-refractivity contribution >= 4 is 17.4 Å². The summed E-state index contributed by atoms with van der Waals surface area (Å²) in [6.07, 6.45) is 0.891. The Morgan fingerprint density at radius 3 is 2.73 bits per heavy atom. The monoisotopic (exact) mass is 385 g/mol. The van der Waals surface area contributed by atoms with E-state index in [1.54, 1.807) is 19.2 Å². The van der Waals surface area contributed by atoms with Crippen molar-refractivity contribution in [3.63, 3.8) is 0 Å². The van der Waals surface area contributed by atoms with Gasteiger partial charge in [-0.2, -0.15) is 4.98 Å². The molecule has 3 rings (SSSR count). The third-order valence-corrected chi connectivity index (χ3v) is 4.30. The molecular weight excluding hydrogens is 368 g/mol. The van der Waals surface area contributed by atoms with E-state index in [1.807, 2.05) is 12.1 Å². The maximum absolute atomic E-state index is 13.8. The van der Waals surface area contributed by atoms with Gasteiger partial charge in [0.1, 0.15) is 12.4 Å². The lowest BCUT2D eigenvalue weighted by atomic mass is 10.2. The van der Waals surface area contributed by atoms with Crippen molar-refractivity contribution in [1.29, 1.82) is 0 Å². The molecule has 9 heteroatoms. The molecule has 0 saturated carbocycles. The third kappa shape index (κ3) is 4.13. The first-order valence-electron chi connectivity index (χ1n) is 7.95. The van der Waals surface area contributed by atoms with Gasteiger partial charge in [0.15, 0.2) is 11.6 Å². The fourth-order valence-corrected chi connectivity index (χ4v) is 2.97. The molecule has 0 bridgehead atoms. The molecule has 1 atom stereocenters. The van der Waals surface area contributed by atoms with E-state index in [-0.39, 0.29) is 23.5 Å². The summed E-state index contributed by atoms with van der Waals surface area (Å²) in [4.78, 5) is 9.24. The molecule has 1 fully saturated rings. The Kier molecular flexibility index (Phi) is 5.43. The number of aromatic nitrogens is 2. The van der Waals surface area contributed by atoms with Gasteiger partial charge in [0, 0.05) is 6.42 Å². The highest BCUT2D eigenvalue weighted by Gasteiger charge is 2.46. The minimum absolute atomic E-state index is 0.0799. The molecule has 0 spiro atoms. The van der Waals surface area contributed by atoms with Gasteiger partial charge < -0.3 is 19.5 Å². The van der Waals surface area contributed by atoms with Crippen molar-refractivity contribution in [2.24, 2.45) is 0 Å². The molecule has 0 radical (unpaired) electrons. The summed E-state index contributed by atoms with van der Waals surface area (Å²) in [5.41, 5.74) is 0.858. The number of nitrogens with zero attached hydrogens (tertiary/aromatic N) is 3. The van der Waals surface area contributed by atoms with Gasteiger partial charge in [-0.1, -0.05) is 12.1 Å². The molecule has 2 aromatic rings. The van der Waals surface area contributed by atoms with Gasteiger partial charge >= 0.3 is 0 Å². The number of aliphatic hydroxyl groups is 1. The first kappa shape index (κ1) is 18.6. The fraction of sp³-hybridized carbons (Fsp3) is 0.412. The van der Waals surface area contributed by atoms with Crippen LogP contribution in [0, 0.1) is 0 Å². The normalized spacial score (nSPS) is 18.8. The predicted octanol–water partition coefficient (Wildman–Crippen LogP) is 2.92. The van der Waals surface area contributed by atoms with E-state index in [9.17, 15) is 13.9 Å². The molecule has 1 aliphatic heterocycles. The quantitative estimate of drug-likeness (QED) is 0.771. The minimum atomic E-state index is -2.92. The van der Waals surface area contributed by atoms with E-state index in [0.717, 1.165) is 5.56 Å². The van der Waals surface area contributed by atoms with E-state index in [4.69, 9.17) is 21.1 Å². The highest BCUT2D eigenvalue weighted by Crippen LogP contribution is 2.38. The van der Waals surface area contributed by atoms with Gasteiger partial charge in [0.25, 0.3) is 5.92 Å². The van der Waals surface area contributed by atoms with Crippen molar-refractivity contribution in [3.8, 4) is 11.5 Å². The van der Waals surface area contributed by atoms with Crippen LogP contribution in [0.2, 0.25) is 5.28 Å². The maximum atomic E-state index is 13.8. The molecule has 0 aliphatic carbocycles. The molecule has 1 aromatic carbocycles. The molecule has 0 amide bonds. The van der Waals surface area contributed by atoms with Crippen LogP contribution in [0.5, 0.6) is 11.5 Å². The second-order valence-electron chi connectivity index (χ2n) is 5.99.